The van der Waals surface area contributed by atoms with Gasteiger partial charge in [-0.25, -0.2) is 0 Å². The van der Waals surface area contributed by atoms with Gasteiger partial charge < -0.3 is 4.90 Å². The zero-order valence-corrected chi connectivity index (χ0v) is 8.29. The van der Waals surface area contributed by atoms with E-state index >= 15 is 0 Å². The lowest BCUT2D eigenvalue weighted by atomic mass is 10.4. The van der Waals surface area contributed by atoms with Crippen LogP contribution in [0.15, 0.2) is 11.1 Å². The molecule has 0 spiro atoms. The SMILES string of the molecule is CC(=O)/C(=C/N(C)C)SC(F)(F)F. The quantitative estimate of drug-likeness (QED) is 0.670. The second-order valence-electron chi connectivity index (χ2n) is 2.56. The predicted molar refractivity (Wildman–Crippen MR) is 46.1 cm³/mol. The van der Waals surface area contributed by atoms with Crippen molar-refractivity contribution in [3.8, 4) is 0 Å². The van der Waals surface area contributed by atoms with Crippen molar-refractivity contribution in [3.63, 3.8) is 0 Å². The van der Waals surface area contributed by atoms with Gasteiger partial charge in [-0.3, -0.25) is 4.79 Å². The second-order valence-corrected chi connectivity index (χ2v) is 3.67. The Bertz CT molecular complexity index is 222. The molecule has 0 aromatic rings. The third-order valence-corrected chi connectivity index (χ3v) is 1.79. The summed E-state index contributed by atoms with van der Waals surface area (Å²) >= 11 is -0.392. The van der Waals surface area contributed by atoms with Crippen LogP contribution in [0.25, 0.3) is 0 Å². The Hall–Kier alpha value is -0.650. The molecule has 0 bridgehead atoms. The average Bonchev–Trinajstić information content (AvgIpc) is 1.81. The van der Waals surface area contributed by atoms with E-state index in [-0.39, 0.29) is 4.91 Å². The number of alkyl halides is 3. The Balaban J connectivity index is 4.55. The van der Waals surface area contributed by atoms with Crippen LogP contribution >= 0.6 is 11.8 Å². The third-order valence-electron chi connectivity index (χ3n) is 0.948. The summed E-state index contributed by atoms with van der Waals surface area (Å²) < 4.78 is 35.6. The van der Waals surface area contributed by atoms with E-state index in [2.05, 4.69) is 0 Å². The van der Waals surface area contributed by atoms with Gasteiger partial charge >= 0.3 is 5.51 Å². The van der Waals surface area contributed by atoms with Crippen molar-refractivity contribution in [2.75, 3.05) is 14.1 Å². The zero-order chi connectivity index (χ0) is 10.6. The smallest absolute Gasteiger partial charge is 0.382 e. The number of allylic oxidation sites excluding steroid dienone is 1. The van der Waals surface area contributed by atoms with Crippen LogP contribution in [0.3, 0.4) is 0 Å². The highest BCUT2D eigenvalue weighted by Crippen LogP contribution is 2.36. The van der Waals surface area contributed by atoms with Gasteiger partial charge in [-0.2, -0.15) is 13.2 Å². The monoisotopic (exact) mass is 213 g/mol. The molecule has 0 N–H and O–H groups in total. The second kappa shape index (κ2) is 4.55. The van der Waals surface area contributed by atoms with Crippen LogP contribution < -0.4 is 0 Å². The van der Waals surface area contributed by atoms with E-state index in [1.165, 1.54) is 4.90 Å². The molecule has 0 aliphatic rings. The van der Waals surface area contributed by atoms with Crippen LogP contribution in [0.4, 0.5) is 13.2 Å². The number of rotatable bonds is 3. The van der Waals surface area contributed by atoms with Crippen LogP contribution in [0.1, 0.15) is 6.92 Å². The van der Waals surface area contributed by atoms with Crippen molar-refractivity contribution >= 4 is 17.5 Å². The predicted octanol–water partition coefficient (Wildman–Crippen LogP) is 2.23. The minimum absolute atomic E-state index is 0.308. The molecule has 0 heterocycles. The van der Waals surface area contributed by atoms with Gasteiger partial charge in [0.15, 0.2) is 5.78 Å². The first-order chi connectivity index (χ1) is 5.72. The first-order valence-electron chi connectivity index (χ1n) is 3.37. The molecular weight excluding hydrogens is 203 g/mol. The normalized spacial score (nSPS) is 12.9. The van der Waals surface area contributed by atoms with E-state index in [0.29, 0.717) is 0 Å². The van der Waals surface area contributed by atoms with E-state index in [1.54, 1.807) is 14.1 Å². The topological polar surface area (TPSA) is 20.3 Å². The Labute approximate surface area is 78.8 Å². The van der Waals surface area contributed by atoms with Crippen molar-refractivity contribution < 1.29 is 18.0 Å². The van der Waals surface area contributed by atoms with Crippen molar-refractivity contribution in [2.24, 2.45) is 0 Å². The highest BCUT2D eigenvalue weighted by molar-refractivity contribution is 8.04. The zero-order valence-electron chi connectivity index (χ0n) is 7.47. The summed E-state index contributed by atoms with van der Waals surface area (Å²) in [5.74, 6) is -0.587. The molecule has 0 fully saturated rings. The number of ketones is 1. The molecule has 13 heavy (non-hydrogen) atoms. The average molecular weight is 213 g/mol. The molecule has 0 aromatic carbocycles. The van der Waals surface area contributed by atoms with Gasteiger partial charge in [-0.1, -0.05) is 0 Å². The maximum absolute atomic E-state index is 11.9. The third kappa shape index (κ3) is 6.51. The number of carbonyl (C=O) groups is 1. The maximum atomic E-state index is 11.9. The summed E-state index contributed by atoms with van der Waals surface area (Å²) in [5, 5.41) is 0. The molecule has 0 atom stereocenters. The number of Topliss-reactive ketones (excluding diaryl/α,β-unsaturated/α-hetero) is 1. The Kier molecular flexibility index (Phi) is 4.32. The fourth-order valence-corrected chi connectivity index (χ4v) is 1.20. The van der Waals surface area contributed by atoms with E-state index in [1.807, 2.05) is 0 Å². The van der Waals surface area contributed by atoms with Crippen LogP contribution in [0, 0.1) is 0 Å². The van der Waals surface area contributed by atoms with Crippen molar-refractivity contribution in [2.45, 2.75) is 12.4 Å². The molecule has 0 unspecified atom stereocenters. The minimum atomic E-state index is -4.41. The molecule has 0 radical (unpaired) electrons. The minimum Gasteiger partial charge on any atom is -0.382 e. The molecule has 0 aliphatic carbocycles. The number of nitrogens with zero attached hydrogens (tertiary/aromatic N) is 1. The molecule has 0 aromatic heterocycles. The number of halogens is 3. The number of hydrogen-bond acceptors (Lipinski definition) is 3. The molecule has 0 amide bonds. The lowest BCUT2D eigenvalue weighted by Crippen LogP contribution is -2.09. The van der Waals surface area contributed by atoms with Crippen molar-refractivity contribution in [1.29, 1.82) is 0 Å². The molecule has 76 valence electrons. The summed E-state index contributed by atoms with van der Waals surface area (Å²) in [6.07, 6.45) is 1.15. The molecule has 0 aliphatic heterocycles. The van der Waals surface area contributed by atoms with Crippen LogP contribution in [-0.2, 0) is 4.79 Å². The molecule has 0 saturated carbocycles. The highest BCUT2D eigenvalue weighted by atomic mass is 32.2. The lowest BCUT2D eigenvalue weighted by Gasteiger charge is -2.10. The maximum Gasteiger partial charge on any atom is 0.446 e. The van der Waals surface area contributed by atoms with E-state index in [0.717, 1.165) is 13.1 Å². The van der Waals surface area contributed by atoms with Crippen LogP contribution in [-0.4, -0.2) is 30.3 Å². The summed E-state index contributed by atoms with van der Waals surface area (Å²) in [7, 11) is 3.11. The highest BCUT2D eigenvalue weighted by Gasteiger charge is 2.31. The summed E-state index contributed by atoms with van der Waals surface area (Å²) in [6, 6.07) is 0. The molecule has 2 nitrogen and oxygen atoms in total. The molecular formula is C7H10F3NOS. The van der Waals surface area contributed by atoms with Crippen molar-refractivity contribution in [1.82, 2.24) is 4.90 Å². The van der Waals surface area contributed by atoms with Crippen molar-refractivity contribution in [3.05, 3.63) is 11.1 Å². The fraction of sp³-hybridized carbons (Fsp3) is 0.571. The van der Waals surface area contributed by atoms with Gasteiger partial charge in [0.05, 0.1) is 4.91 Å². The number of hydrogen-bond donors (Lipinski definition) is 0. The standard InChI is InChI=1S/C7H10F3NOS/c1-5(12)6(4-11(2)3)13-7(8,9)10/h4H,1-3H3/b6-4-. The van der Waals surface area contributed by atoms with Crippen LogP contribution in [0.5, 0.6) is 0 Å². The van der Waals surface area contributed by atoms with E-state index in [4.69, 9.17) is 0 Å². The van der Waals surface area contributed by atoms with Gasteiger partial charge in [-0.05, 0) is 18.7 Å². The summed E-state index contributed by atoms with van der Waals surface area (Å²) in [6.45, 7) is 1.11. The van der Waals surface area contributed by atoms with Gasteiger partial charge in [0, 0.05) is 20.3 Å². The van der Waals surface area contributed by atoms with Gasteiger partial charge in [0.1, 0.15) is 0 Å². The number of thioether (sulfide) groups is 1. The first kappa shape index (κ1) is 12.3. The summed E-state index contributed by atoms with van der Waals surface area (Å²) in [4.78, 5) is 11.8. The fourth-order valence-electron chi connectivity index (χ4n) is 0.548. The van der Waals surface area contributed by atoms with Gasteiger partial charge in [-0.15, -0.1) is 0 Å². The van der Waals surface area contributed by atoms with Gasteiger partial charge in [0.2, 0.25) is 0 Å². The Morgan fingerprint density at radius 1 is 1.38 bits per heavy atom. The van der Waals surface area contributed by atoms with E-state index < -0.39 is 23.1 Å². The molecule has 0 saturated heterocycles. The van der Waals surface area contributed by atoms with Crippen LogP contribution in [0.2, 0.25) is 0 Å². The Morgan fingerprint density at radius 3 is 2.08 bits per heavy atom. The Morgan fingerprint density at radius 2 is 1.85 bits per heavy atom. The first-order valence-corrected chi connectivity index (χ1v) is 4.19. The van der Waals surface area contributed by atoms with Gasteiger partial charge in [0.25, 0.3) is 0 Å². The molecule has 6 heteroatoms. The largest absolute Gasteiger partial charge is 0.446 e. The summed E-state index contributed by atoms with van der Waals surface area (Å²) in [5.41, 5.74) is -4.41. The molecule has 0 rings (SSSR count). The lowest BCUT2D eigenvalue weighted by molar-refractivity contribution is -0.113. The number of carbonyl (C=O) groups excluding carboxylic acids is 1. The van der Waals surface area contributed by atoms with E-state index in [9.17, 15) is 18.0 Å².